The minimum Gasteiger partial charge on any atom is -0.463 e. The van der Waals surface area contributed by atoms with Gasteiger partial charge in [0.25, 0.3) is 6.08 Å². The number of carbonyl (C=O) groups is 1. The Hall–Kier alpha value is -2.05. The van der Waals surface area contributed by atoms with Gasteiger partial charge in [-0.05, 0) is 25.8 Å². The van der Waals surface area contributed by atoms with E-state index in [4.69, 9.17) is 9.47 Å². The summed E-state index contributed by atoms with van der Waals surface area (Å²) in [5.74, 6) is -0.630. The van der Waals surface area contributed by atoms with Crippen molar-refractivity contribution in [2.24, 2.45) is 0 Å². The van der Waals surface area contributed by atoms with Gasteiger partial charge in [0.2, 0.25) is 0 Å². The number of rotatable bonds is 10. The Morgan fingerprint density at radius 3 is 2.58 bits per heavy atom. The van der Waals surface area contributed by atoms with Crippen molar-refractivity contribution in [3.05, 3.63) is 29.1 Å². The molecule has 1 heterocycles. The van der Waals surface area contributed by atoms with Gasteiger partial charge in [-0.1, -0.05) is 26.2 Å². The van der Waals surface area contributed by atoms with Gasteiger partial charge in [-0.15, -0.1) is 0 Å². The summed E-state index contributed by atoms with van der Waals surface area (Å²) < 4.78 is 34.9. The van der Waals surface area contributed by atoms with Crippen LogP contribution in [0.25, 0.3) is 0 Å². The minimum absolute atomic E-state index is 0.00701. The van der Waals surface area contributed by atoms with Gasteiger partial charge in [0.15, 0.2) is 0 Å². The molecule has 5 nitrogen and oxygen atoms in total. The first-order chi connectivity index (χ1) is 11.5. The molecule has 24 heavy (non-hydrogen) atoms. The van der Waals surface area contributed by atoms with E-state index in [1.807, 2.05) is 0 Å². The van der Waals surface area contributed by atoms with Crippen molar-refractivity contribution >= 4 is 5.97 Å². The number of nitrogens with zero attached hydrogens (tertiary/aromatic N) is 2. The van der Waals surface area contributed by atoms with Gasteiger partial charge in [0, 0.05) is 12.6 Å². The number of carbonyl (C=O) groups excluding carboxylic acids is 1. The van der Waals surface area contributed by atoms with E-state index in [1.165, 1.54) is 13.1 Å². The van der Waals surface area contributed by atoms with Crippen LogP contribution in [0.2, 0.25) is 0 Å². The Kier molecular flexibility index (Phi) is 8.89. The number of esters is 1. The molecule has 1 rings (SSSR count). The fourth-order valence-electron chi connectivity index (χ4n) is 1.88. The van der Waals surface area contributed by atoms with Crippen LogP contribution in [0.3, 0.4) is 0 Å². The highest BCUT2D eigenvalue weighted by molar-refractivity contribution is 5.90. The summed E-state index contributed by atoms with van der Waals surface area (Å²) in [6.07, 6.45) is 3.92. The van der Waals surface area contributed by atoms with Crippen molar-refractivity contribution in [3.8, 4) is 6.01 Å². The molecule has 1 aromatic heterocycles. The van der Waals surface area contributed by atoms with Gasteiger partial charge in [0.1, 0.15) is 0 Å². The zero-order chi connectivity index (χ0) is 17.9. The lowest BCUT2D eigenvalue weighted by molar-refractivity contribution is 0.0505. The Bertz CT molecular complexity index is 573. The maximum atomic E-state index is 12.3. The van der Waals surface area contributed by atoms with Crippen molar-refractivity contribution in [1.82, 2.24) is 9.97 Å². The quantitative estimate of drug-likeness (QED) is 0.464. The second-order valence-corrected chi connectivity index (χ2v) is 5.49. The highest BCUT2D eigenvalue weighted by Crippen LogP contribution is 2.13. The van der Waals surface area contributed by atoms with Crippen LogP contribution in [0.1, 0.15) is 62.0 Å². The van der Waals surface area contributed by atoms with Crippen molar-refractivity contribution in [2.45, 2.75) is 52.9 Å². The van der Waals surface area contributed by atoms with Crippen LogP contribution >= 0.6 is 0 Å². The Labute approximate surface area is 141 Å². The molecule has 0 N–H and O–H groups in total. The van der Waals surface area contributed by atoms with Crippen LogP contribution in [0.4, 0.5) is 8.78 Å². The highest BCUT2D eigenvalue weighted by atomic mass is 19.3. The lowest BCUT2D eigenvalue weighted by Gasteiger charge is -2.08. The Morgan fingerprint density at radius 1 is 1.21 bits per heavy atom. The van der Waals surface area contributed by atoms with Crippen molar-refractivity contribution in [1.29, 1.82) is 0 Å². The first-order valence-electron chi connectivity index (χ1n) is 8.10. The lowest BCUT2D eigenvalue weighted by atomic mass is 10.2. The zero-order valence-corrected chi connectivity index (χ0v) is 14.4. The maximum absolute atomic E-state index is 12.3. The monoisotopic (exact) mass is 342 g/mol. The summed E-state index contributed by atoms with van der Waals surface area (Å²) in [4.78, 5) is 20.0. The highest BCUT2D eigenvalue weighted by Gasteiger charge is 2.14. The molecule has 0 saturated carbocycles. The van der Waals surface area contributed by atoms with E-state index in [-0.39, 0.29) is 30.2 Å². The first-order valence-corrected chi connectivity index (χ1v) is 8.10. The average Bonchev–Trinajstić information content (AvgIpc) is 2.54. The Morgan fingerprint density at radius 2 is 1.96 bits per heavy atom. The van der Waals surface area contributed by atoms with Crippen molar-refractivity contribution in [2.75, 3.05) is 13.2 Å². The fourth-order valence-corrected chi connectivity index (χ4v) is 1.88. The molecule has 0 aliphatic carbocycles. The molecule has 0 saturated heterocycles. The third-order valence-corrected chi connectivity index (χ3v) is 3.44. The van der Waals surface area contributed by atoms with Gasteiger partial charge < -0.3 is 9.47 Å². The summed E-state index contributed by atoms with van der Waals surface area (Å²) in [5.41, 5.74) is 0.542. The molecule has 134 valence electrons. The van der Waals surface area contributed by atoms with Crippen LogP contribution in [-0.2, 0) is 4.74 Å². The number of ether oxygens (including phenoxy) is 2. The number of aromatic nitrogens is 2. The van der Waals surface area contributed by atoms with E-state index in [0.717, 1.165) is 25.7 Å². The number of halogens is 2. The van der Waals surface area contributed by atoms with E-state index in [0.29, 0.717) is 12.3 Å². The third kappa shape index (κ3) is 7.02. The lowest BCUT2D eigenvalue weighted by Crippen LogP contribution is -2.11. The minimum atomic E-state index is -1.74. The number of aryl methyl sites for hydroxylation is 1. The van der Waals surface area contributed by atoms with E-state index >= 15 is 0 Å². The average molecular weight is 342 g/mol. The molecule has 0 spiro atoms. The van der Waals surface area contributed by atoms with Gasteiger partial charge in [-0.25, -0.2) is 9.78 Å². The molecule has 0 aliphatic rings. The smallest absolute Gasteiger partial charge is 0.341 e. The van der Waals surface area contributed by atoms with Crippen molar-refractivity contribution in [3.63, 3.8) is 0 Å². The summed E-state index contributed by atoms with van der Waals surface area (Å²) in [5, 5.41) is 0. The molecule has 7 heteroatoms. The topological polar surface area (TPSA) is 61.3 Å². The second-order valence-electron chi connectivity index (χ2n) is 5.49. The molecule has 0 unspecified atom stereocenters. The molecule has 0 aromatic carbocycles. The molecule has 1 aromatic rings. The van der Waals surface area contributed by atoms with E-state index in [1.54, 1.807) is 6.92 Å². The number of hydrogen-bond donors (Lipinski definition) is 0. The summed E-state index contributed by atoms with van der Waals surface area (Å²) in [6, 6.07) is 0.221. The maximum Gasteiger partial charge on any atom is 0.341 e. The van der Waals surface area contributed by atoms with Crippen LogP contribution < -0.4 is 4.74 Å². The predicted octanol–water partition coefficient (Wildman–Crippen LogP) is 4.46. The van der Waals surface area contributed by atoms with Gasteiger partial charge in [0.05, 0.1) is 24.5 Å². The fraction of sp³-hybridized carbons (Fsp3) is 0.588. The third-order valence-electron chi connectivity index (χ3n) is 3.44. The normalized spacial score (nSPS) is 10.4. The number of hydrogen-bond acceptors (Lipinski definition) is 5. The van der Waals surface area contributed by atoms with E-state index in [9.17, 15) is 13.6 Å². The van der Waals surface area contributed by atoms with Crippen molar-refractivity contribution < 1.29 is 23.0 Å². The van der Waals surface area contributed by atoms with Crippen LogP contribution in [0.5, 0.6) is 6.01 Å². The molecular weight excluding hydrogens is 318 g/mol. The van der Waals surface area contributed by atoms with Crippen LogP contribution in [0, 0.1) is 6.92 Å². The summed E-state index contributed by atoms with van der Waals surface area (Å²) >= 11 is 0. The van der Waals surface area contributed by atoms with Crippen LogP contribution in [0.15, 0.2) is 17.9 Å². The van der Waals surface area contributed by atoms with E-state index in [2.05, 4.69) is 16.9 Å². The first kappa shape index (κ1) is 20.0. The molecule has 0 radical (unpaired) electrons. The molecule has 0 atom stereocenters. The summed E-state index contributed by atoms with van der Waals surface area (Å²) in [6.45, 7) is 5.50. The molecular formula is C17H24F2N2O3. The van der Waals surface area contributed by atoms with Crippen LogP contribution in [-0.4, -0.2) is 29.2 Å². The van der Waals surface area contributed by atoms with Gasteiger partial charge in [-0.2, -0.15) is 13.8 Å². The molecule has 0 amide bonds. The number of unbranched alkanes of at least 4 members (excludes halogenated alkanes) is 3. The largest absolute Gasteiger partial charge is 0.463 e. The SMILES string of the molecule is CCCCCCOc1ncc(C(=O)OCCC(C)=C(F)F)c(C)n1. The summed E-state index contributed by atoms with van der Waals surface area (Å²) in [7, 11) is 0. The Balaban J connectivity index is 2.48. The standard InChI is InChI=1S/C17H24F2N2O3/c1-4-5-6-7-9-24-17-20-11-14(13(3)21-17)16(22)23-10-8-12(2)15(18)19/h11H,4-10H2,1-3H3. The van der Waals surface area contributed by atoms with E-state index < -0.39 is 12.0 Å². The van der Waals surface area contributed by atoms with Gasteiger partial charge in [-0.3, -0.25) is 0 Å². The second kappa shape index (κ2) is 10.7. The molecule has 0 bridgehead atoms. The predicted molar refractivity (Wildman–Crippen MR) is 86.2 cm³/mol. The molecule has 0 aliphatic heterocycles. The van der Waals surface area contributed by atoms with Gasteiger partial charge >= 0.3 is 12.0 Å². The molecule has 0 fully saturated rings. The zero-order valence-electron chi connectivity index (χ0n) is 14.4.